The van der Waals surface area contributed by atoms with E-state index in [4.69, 9.17) is 0 Å². The van der Waals surface area contributed by atoms with Crippen LogP contribution in [0, 0.1) is 0 Å². The second kappa shape index (κ2) is 4.79. The van der Waals surface area contributed by atoms with Gasteiger partial charge in [-0.25, -0.2) is 0 Å². The molecule has 0 bridgehead atoms. The minimum absolute atomic E-state index is 0.324. The van der Waals surface area contributed by atoms with Gasteiger partial charge in [-0.15, -0.1) is 0 Å². The van der Waals surface area contributed by atoms with E-state index in [9.17, 15) is 8.76 Å². The molecule has 0 saturated carbocycles. The topological polar surface area (TPSA) is 43.4 Å². The average Bonchev–Trinajstić information content (AvgIpc) is 2.80. The summed E-state index contributed by atoms with van der Waals surface area (Å²) in [4.78, 5) is 2.58. The highest BCUT2D eigenvalue weighted by atomic mass is 32.2. The lowest BCUT2D eigenvalue weighted by atomic mass is 10.0. The summed E-state index contributed by atoms with van der Waals surface area (Å²) < 4.78 is 21.7. The monoisotopic (exact) mass is 272 g/mol. The molecule has 1 aliphatic rings. The number of likely N-dealkylation sites (N-methyl/N-ethyl adjacent to an activating group) is 1. The molecule has 0 aliphatic carbocycles. The van der Waals surface area contributed by atoms with Crippen molar-refractivity contribution in [3.05, 3.63) is 48.0 Å². The number of anilines is 1. The molecule has 1 aliphatic heterocycles. The first-order chi connectivity index (χ1) is 9.15. The molecule has 0 amide bonds. The summed E-state index contributed by atoms with van der Waals surface area (Å²) in [7, 11) is 2.10. The molecule has 19 heavy (non-hydrogen) atoms. The zero-order valence-electron chi connectivity index (χ0n) is 10.6. The first-order valence-corrected chi connectivity index (χ1v) is 7.26. The Kier molecular flexibility index (Phi) is 3.12. The van der Waals surface area contributed by atoms with Crippen molar-refractivity contribution in [3.63, 3.8) is 0 Å². The molecule has 0 fully saturated rings. The van der Waals surface area contributed by atoms with Gasteiger partial charge >= 0.3 is 0 Å². The van der Waals surface area contributed by atoms with Crippen LogP contribution >= 0.6 is 0 Å². The van der Waals surface area contributed by atoms with Gasteiger partial charge < -0.3 is 9.45 Å². The van der Waals surface area contributed by atoms with Crippen molar-refractivity contribution in [2.24, 2.45) is 0 Å². The standard InChI is InChI=1S/C15H15NO2S/c1-16-9-8-13-10-12(4-7-15(13)16)11-2-5-14(6-3-11)19(17)18/h2-7,10H,8-9H2,1H3,(H,17,18)/p-1. The fourth-order valence-electron chi connectivity index (χ4n) is 2.50. The van der Waals surface area contributed by atoms with Crippen molar-refractivity contribution in [1.29, 1.82) is 0 Å². The van der Waals surface area contributed by atoms with Crippen LogP contribution in [-0.2, 0) is 17.5 Å². The molecule has 1 unspecified atom stereocenters. The fraction of sp³-hybridized carbons (Fsp3) is 0.200. The van der Waals surface area contributed by atoms with Crippen LogP contribution in [-0.4, -0.2) is 22.4 Å². The van der Waals surface area contributed by atoms with E-state index in [1.165, 1.54) is 11.3 Å². The van der Waals surface area contributed by atoms with Crippen LogP contribution in [0.5, 0.6) is 0 Å². The van der Waals surface area contributed by atoms with E-state index in [2.05, 4.69) is 30.1 Å². The smallest absolute Gasteiger partial charge is 0.0397 e. The first-order valence-electron chi connectivity index (χ1n) is 6.19. The maximum absolute atomic E-state index is 10.8. The van der Waals surface area contributed by atoms with Crippen molar-refractivity contribution < 1.29 is 8.76 Å². The fourth-order valence-corrected chi connectivity index (χ4v) is 2.86. The van der Waals surface area contributed by atoms with Crippen molar-refractivity contribution in [2.45, 2.75) is 11.3 Å². The van der Waals surface area contributed by atoms with E-state index >= 15 is 0 Å². The lowest BCUT2D eigenvalue weighted by Crippen LogP contribution is -2.12. The predicted octanol–water partition coefficient (Wildman–Crippen LogP) is 2.58. The summed E-state index contributed by atoms with van der Waals surface area (Å²) in [6.45, 7) is 1.06. The Morgan fingerprint density at radius 2 is 1.79 bits per heavy atom. The molecule has 3 nitrogen and oxygen atoms in total. The second-order valence-electron chi connectivity index (χ2n) is 4.77. The van der Waals surface area contributed by atoms with Crippen LogP contribution in [0.25, 0.3) is 11.1 Å². The van der Waals surface area contributed by atoms with Crippen LogP contribution < -0.4 is 4.90 Å². The maximum Gasteiger partial charge on any atom is 0.0397 e. The zero-order valence-corrected chi connectivity index (χ0v) is 11.4. The van der Waals surface area contributed by atoms with Gasteiger partial charge in [-0.3, -0.25) is 4.21 Å². The van der Waals surface area contributed by atoms with E-state index in [1.54, 1.807) is 12.1 Å². The third-order valence-electron chi connectivity index (χ3n) is 3.59. The van der Waals surface area contributed by atoms with Crippen LogP contribution in [0.3, 0.4) is 0 Å². The van der Waals surface area contributed by atoms with Gasteiger partial charge in [0.2, 0.25) is 0 Å². The minimum atomic E-state index is -2.15. The largest absolute Gasteiger partial charge is 0.768 e. The molecule has 98 valence electrons. The van der Waals surface area contributed by atoms with Crippen molar-refractivity contribution in [2.75, 3.05) is 18.5 Å². The van der Waals surface area contributed by atoms with Crippen LogP contribution in [0.4, 0.5) is 5.69 Å². The maximum atomic E-state index is 10.8. The zero-order chi connectivity index (χ0) is 13.4. The van der Waals surface area contributed by atoms with Gasteiger partial charge in [-0.1, -0.05) is 18.2 Å². The molecule has 3 rings (SSSR count). The van der Waals surface area contributed by atoms with Crippen molar-refractivity contribution >= 4 is 16.8 Å². The number of fused-ring (bicyclic) bond motifs is 1. The van der Waals surface area contributed by atoms with Crippen LogP contribution in [0.2, 0.25) is 0 Å². The van der Waals surface area contributed by atoms with Gasteiger partial charge in [0.1, 0.15) is 0 Å². The Hall–Kier alpha value is -1.65. The Labute approximate surface area is 115 Å². The van der Waals surface area contributed by atoms with Crippen molar-refractivity contribution in [1.82, 2.24) is 0 Å². The number of benzene rings is 2. The summed E-state index contributed by atoms with van der Waals surface area (Å²) in [6, 6.07) is 13.4. The predicted molar refractivity (Wildman–Crippen MR) is 76.0 cm³/mol. The summed E-state index contributed by atoms with van der Waals surface area (Å²) in [6.07, 6.45) is 1.07. The van der Waals surface area contributed by atoms with E-state index in [1.807, 2.05) is 12.1 Å². The number of nitrogens with zero attached hydrogens (tertiary/aromatic N) is 1. The Morgan fingerprint density at radius 1 is 1.11 bits per heavy atom. The van der Waals surface area contributed by atoms with Crippen molar-refractivity contribution in [3.8, 4) is 11.1 Å². The highest BCUT2D eigenvalue weighted by molar-refractivity contribution is 7.79. The molecular weight excluding hydrogens is 258 g/mol. The summed E-state index contributed by atoms with van der Waals surface area (Å²) in [5.41, 5.74) is 4.83. The number of hydrogen-bond donors (Lipinski definition) is 0. The number of rotatable bonds is 2. The van der Waals surface area contributed by atoms with Gasteiger partial charge in [0.25, 0.3) is 0 Å². The normalized spacial score (nSPS) is 15.4. The minimum Gasteiger partial charge on any atom is -0.768 e. The molecule has 2 aromatic rings. The molecule has 0 spiro atoms. The highest BCUT2D eigenvalue weighted by Gasteiger charge is 2.15. The Morgan fingerprint density at radius 3 is 2.47 bits per heavy atom. The molecule has 0 N–H and O–H groups in total. The molecule has 0 saturated heterocycles. The molecule has 2 aromatic carbocycles. The lowest BCUT2D eigenvalue weighted by Gasteiger charge is -2.12. The Bertz CT molecular complexity index is 637. The molecular formula is C15H14NO2S-. The molecule has 0 radical (unpaired) electrons. The quantitative estimate of drug-likeness (QED) is 0.789. The molecule has 1 heterocycles. The van der Waals surface area contributed by atoms with Gasteiger partial charge in [-0.05, 0) is 58.5 Å². The van der Waals surface area contributed by atoms with Gasteiger partial charge in [-0.2, -0.15) is 0 Å². The van der Waals surface area contributed by atoms with Gasteiger partial charge in [0.15, 0.2) is 0 Å². The van der Waals surface area contributed by atoms with Gasteiger partial charge in [0, 0.05) is 24.2 Å². The van der Waals surface area contributed by atoms with Gasteiger partial charge in [0.05, 0.1) is 0 Å². The van der Waals surface area contributed by atoms with E-state index in [-0.39, 0.29) is 0 Å². The van der Waals surface area contributed by atoms with Crippen LogP contribution in [0.15, 0.2) is 47.4 Å². The van der Waals surface area contributed by atoms with Crippen LogP contribution in [0.1, 0.15) is 5.56 Å². The van der Waals surface area contributed by atoms with E-state index in [0.717, 1.165) is 24.1 Å². The summed E-state index contributed by atoms with van der Waals surface area (Å²) in [5, 5.41) is 0. The average molecular weight is 272 g/mol. The third-order valence-corrected chi connectivity index (χ3v) is 4.24. The lowest BCUT2D eigenvalue weighted by molar-refractivity contribution is 0.537. The first kappa shape index (κ1) is 12.4. The third kappa shape index (κ3) is 2.29. The summed E-state index contributed by atoms with van der Waals surface area (Å²) in [5.74, 6) is 0. The highest BCUT2D eigenvalue weighted by Crippen LogP contribution is 2.31. The Balaban J connectivity index is 1.96. The molecule has 0 aromatic heterocycles. The second-order valence-corrected chi connectivity index (χ2v) is 5.71. The molecule has 1 atom stereocenters. The SMILES string of the molecule is CN1CCc2cc(-c3ccc(S(=O)[O-])cc3)ccc21. The summed E-state index contributed by atoms with van der Waals surface area (Å²) >= 11 is -2.15. The number of hydrogen-bond acceptors (Lipinski definition) is 3. The van der Waals surface area contributed by atoms with E-state index < -0.39 is 11.1 Å². The van der Waals surface area contributed by atoms with E-state index in [0.29, 0.717) is 4.90 Å². The molecule has 4 heteroatoms.